The average molecular weight is 255 g/mol. The van der Waals surface area contributed by atoms with Gasteiger partial charge in [-0.1, -0.05) is 23.7 Å². The molecule has 5 heteroatoms. The molecular formula is C12H15ClN2O2. The van der Waals surface area contributed by atoms with Gasteiger partial charge in [0.15, 0.2) is 0 Å². The lowest BCUT2D eigenvalue weighted by atomic mass is 10.1. The van der Waals surface area contributed by atoms with Crippen molar-refractivity contribution in [1.29, 1.82) is 0 Å². The first-order valence-electron chi connectivity index (χ1n) is 5.51. The van der Waals surface area contributed by atoms with Crippen molar-refractivity contribution in [1.82, 2.24) is 9.80 Å². The summed E-state index contributed by atoms with van der Waals surface area (Å²) in [5, 5.41) is 9.57. The molecule has 4 nitrogen and oxygen atoms in total. The number of aliphatic hydroxyl groups is 1. The van der Waals surface area contributed by atoms with E-state index in [4.69, 9.17) is 16.7 Å². The summed E-state index contributed by atoms with van der Waals surface area (Å²) in [6.07, 6.45) is 0. The molecule has 1 aromatic carbocycles. The highest BCUT2D eigenvalue weighted by Crippen LogP contribution is 2.29. The largest absolute Gasteiger partial charge is 0.395 e. The number of amides is 2. The highest BCUT2D eigenvalue weighted by Gasteiger charge is 2.34. The normalized spacial score (nSPS) is 20.2. The van der Waals surface area contributed by atoms with Gasteiger partial charge in [0, 0.05) is 25.2 Å². The third-order valence-corrected chi connectivity index (χ3v) is 3.27. The van der Waals surface area contributed by atoms with Gasteiger partial charge in [0.25, 0.3) is 0 Å². The Morgan fingerprint density at radius 1 is 1.53 bits per heavy atom. The molecule has 0 spiro atoms. The first-order chi connectivity index (χ1) is 8.13. The van der Waals surface area contributed by atoms with Gasteiger partial charge in [-0.15, -0.1) is 0 Å². The van der Waals surface area contributed by atoms with Crippen LogP contribution in [0.25, 0.3) is 0 Å². The van der Waals surface area contributed by atoms with Crippen LogP contribution in [0.5, 0.6) is 0 Å². The van der Waals surface area contributed by atoms with Crippen LogP contribution >= 0.6 is 11.6 Å². The zero-order valence-electron chi connectivity index (χ0n) is 9.64. The van der Waals surface area contributed by atoms with Crippen molar-refractivity contribution in [3.63, 3.8) is 0 Å². The third kappa shape index (κ3) is 2.37. The predicted molar refractivity (Wildman–Crippen MR) is 66.0 cm³/mol. The van der Waals surface area contributed by atoms with Crippen LogP contribution in [-0.2, 0) is 0 Å². The van der Waals surface area contributed by atoms with Gasteiger partial charge in [-0.25, -0.2) is 4.79 Å². The van der Waals surface area contributed by atoms with E-state index in [0.29, 0.717) is 18.1 Å². The van der Waals surface area contributed by atoms with Crippen LogP contribution in [0.2, 0.25) is 5.02 Å². The van der Waals surface area contributed by atoms with E-state index < -0.39 is 0 Å². The van der Waals surface area contributed by atoms with Gasteiger partial charge in [-0.2, -0.15) is 0 Å². The van der Waals surface area contributed by atoms with Crippen molar-refractivity contribution >= 4 is 17.6 Å². The average Bonchev–Trinajstić information content (AvgIpc) is 2.58. The van der Waals surface area contributed by atoms with Gasteiger partial charge in [0.1, 0.15) is 0 Å². The van der Waals surface area contributed by atoms with Crippen LogP contribution in [-0.4, -0.2) is 47.7 Å². The Balaban J connectivity index is 2.20. The number of hydrogen-bond acceptors (Lipinski definition) is 2. The zero-order chi connectivity index (χ0) is 12.4. The molecule has 1 N–H and O–H groups in total. The number of benzene rings is 1. The van der Waals surface area contributed by atoms with E-state index in [2.05, 4.69) is 0 Å². The number of carbonyl (C=O) groups is 1. The lowest BCUT2D eigenvalue weighted by Gasteiger charge is -2.18. The number of likely N-dealkylation sites (N-methyl/N-ethyl adjacent to an activating group) is 1. The van der Waals surface area contributed by atoms with Gasteiger partial charge in [-0.05, 0) is 17.7 Å². The third-order valence-electron chi connectivity index (χ3n) is 3.04. The summed E-state index contributed by atoms with van der Waals surface area (Å²) in [6.45, 7) is 0.957. The minimum Gasteiger partial charge on any atom is -0.395 e. The molecule has 0 aliphatic carbocycles. The van der Waals surface area contributed by atoms with E-state index in [1.165, 1.54) is 0 Å². The van der Waals surface area contributed by atoms with Crippen LogP contribution in [0.15, 0.2) is 24.3 Å². The van der Waals surface area contributed by atoms with Gasteiger partial charge in [0.05, 0.1) is 12.6 Å². The fourth-order valence-electron chi connectivity index (χ4n) is 2.12. The van der Waals surface area contributed by atoms with Crippen LogP contribution in [0.4, 0.5) is 4.79 Å². The number of nitrogens with zero attached hydrogens (tertiary/aromatic N) is 2. The smallest absolute Gasteiger partial charge is 0.320 e. The van der Waals surface area contributed by atoms with Crippen molar-refractivity contribution in [3.8, 4) is 0 Å². The summed E-state index contributed by atoms with van der Waals surface area (Å²) in [6, 6.07) is 7.48. The molecule has 1 aliphatic heterocycles. The topological polar surface area (TPSA) is 43.8 Å². The molecule has 17 heavy (non-hydrogen) atoms. The van der Waals surface area contributed by atoms with E-state index in [0.717, 1.165) is 5.56 Å². The van der Waals surface area contributed by atoms with Crippen molar-refractivity contribution in [2.45, 2.75) is 6.04 Å². The van der Waals surface area contributed by atoms with Gasteiger partial charge in [-0.3, -0.25) is 0 Å². The number of aliphatic hydroxyl groups excluding tert-OH is 1. The fraction of sp³-hybridized carbons (Fsp3) is 0.417. The molecule has 0 aromatic heterocycles. The van der Waals surface area contributed by atoms with E-state index >= 15 is 0 Å². The Hall–Kier alpha value is -1.26. The molecule has 1 unspecified atom stereocenters. The predicted octanol–water partition coefficient (Wildman–Crippen LogP) is 1.74. The molecular weight excluding hydrogens is 240 g/mol. The quantitative estimate of drug-likeness (QED) is 0.893. The molecule has 0 saturated carbocycles. The maximum absolute atomic E-state index is 11.9. The van der Waals surface area contributed by atoms with Gasteiger partial charge < -0.3 is 14.9 Å². The standard InChI is InChI=1S/C12H15ClN2O2/c1-14-11(8-15(5-6-16)12(14)17)9-3-2-4-10(13)7-9/h2-4,7,11,16H,5-6,8H2,1H3. The first kappa shape index (κ1) is 12.2. The minimum atomic E-state index is -0.0518. The molecule has 1 aliphatic rings. The van der Waals surface area contributed by atoms with E-state index in [1.807, 2.05) is 24.3 Å². The Bertz CT molecular complexity index is 425. The lowest BCUT2D eigenvalue weighted by molar-refractivity contribution is 0.182. The molecule has 1 fully saturated rings. The molecule has 1 aromatic rings. The molecule has 1 heterocycles. The van der Waals surface area contributed by atoms with Gasteiger partial charge in [0.2, 0.25) is 0 Å². The monoisotopic (exact) mass is 254 g/mol. The highest BCUT2D eigenvalue weighted by atomic mass is 35.5. The van der Waals surface area contributed by atoms with E-state index in [-0.39, 0.29) is 18.7 Å². The van der Waals surface area contributed by atoms with Crippen LogP contribution < -0.4 is 0 Å². The highest BCUT2D eigenvalue weighted by molar-refractivity contribution is 6.30. The summed E-state index contributed by atoms with van der Waals surface area (Å²) in [4.78, 5) is 15.2. The molecule has 2 amide bonds. The summed E-state index contributed by atoms with van der Waals surface area (Å²) in [5.74, 6) is 0. The number of carbonyl (C=O) groups excluding carboxylic acids is 1. The molecule has 1 saturated heterocycles. The van der Waals surface area contributed by atoms with Crippen molar-refractivity contribution in [3.05, 3.63) is 34.9 Å². The zero-order valence-corrected chi connectivity index (χ0v) is 10.4. The second-order valence-corrected chi connectivity index (χ2v) is 4.57. The number of halogens is 1. The Morgan fingerprint density at radius 3 is 2.94 bits per heavy atom. The molecule has 1 atom stereocenters. The summed E-state index contributed by atoms with van der Waals surface area (Å²) in [7, 11) is 1.77. The van der Waals surface area contributed by atoms with E-state index in [9.17, 15) is 4.79 Å². The van der Waals surface area contributed by atoms with Crippen molar-refractivity contribution in [2.24, 2.45) is 0 Å². The summed E-state index contributed by atoms with van der Waals surface area (Å²) >= 11 is 5.95. The first-order valence-corrected chi connectivity index (χ1v) is 5.89. The molecule has 92 valence electrons. The maximum Gasteiger partial charge on any atom is 0.320 e. The summed E-state index contributed by atoms with van der Waals surface area (Å²) in [5.41, 5.74) is 1.02. The molecule has 0 radical (unpaired) electrons. The van der Waals surface area contributed by atoms with Crippen LogP contribution in [0.1, 0.15) is 11.6 Å². The number of urea groups is 1. The minimum absolute atomic E-state index is 0.00718. The Labute approximate surface area is 105 Å². The van der Waals surface area contributed by atoms with Gasteiger partial charge >= 0.3 is 6.03 Å². The van der Waals surface area contributed by atoms with Crippen LogP contribution in [0, 0.1) is 0 Å². The lowest BCUT2D eigenvalue weighted by Crippen LogP contribution is -2.31. The number of β-amino-alcohol motifs (C(OH)–C–C–N with tert-alkyl or cyclic N) is 1. The van der Waals surface area contributed by atoms with Crippen molar-refractivity contribution < 1.29 is 9.90 Å². The Morgan fingerprint density at radius 2 is 2.29 bits per heavy atom. The maximum atomic E-state index is 11.9. The number of rotatable bonds is 3. The Kier molecular flexibility index (Phi) is 3.54. The van der Waals surface area contributed by atoms with Crippen LogP contribution in [0.3, 0.4) is 0 Å². The fourth-order valence-corrected chi connectivity index (χ4v) is 2.31. The second kappa shape index (κ2) is 4.94. The number of hydrogen-bond donors (Lipinski definition) is 1. The SMILES string of the molecule is CN1C(=O)N(CCO)CC1c1cccc(Cl)c1. The molecule has 0 bridgehead atoms. The summed E-state index contributed by atoms with van der Waals surface area (Å²) < 4.78 is 0. The second-order valence-electron chi connectivity index (χ2n) is 4.13. The molecule has 2 rings (SSSR count). The van der Waals surface area contributed by atoms with Crippen molar-refractivity contribution in [2.75, 3.05) is 26.7 Å². The van der Waals surface area contributed by atoms with E-state index in [1.54, 1.807) is 16.8 Å².